The van der Waals surface area contributed by atoms with E-state index in [0.29, 0.717) is 12.1 Å². The van der Waals surface area contributed by atoms with Crippen molar-refractivity contribution >= 4 is 11.0 Å². The second-order valence-electron chi connectivity index (χ2n) is 5.84. The van der Waals surface area contributed by atoms with Gasteiger partial charge in [-0.05, 0) is 32.3 Å². The first-order chi connectivity index (χ1) is 9.70. The first-order valence-electron chi connectivity index (χ1n) is 7.70. The maximum Gasteiger partial charge on any atom is 0.134 e. The van der Waals surface area contributed by atoms with E-state index in [9.17, 15) is 0 Å². The Hall–Kier alpha value is -1.32. The number of aryl methyl sites for hydroxylation is 1. The van der Waals surface area contributed by atoms with Crippen molar-refractivity contribution in [3.05, 3.63) is 35.6 Å². The van der Waals surface area contributed by atoms with Crippen molar-refractivity contribution in [1.29, 1.82) is 0 Å². The average molecular weight is 272 g/mol. The predicted molar refractivity (Wildman–Crippen MR) is 82.8 cm³/mol. The topological polar surface area (TPSA) is 42.4 Å². The maximum absolute atomic E-state index is 6.16. The van der Waals surface area contributed by atoms with Gasteiger partial charge in [0.05, 0.1) is 6.04 Å². The van der Waals surface area contributed by atoms with Gasteiger partial charge in [-0.15, -0.1) is 0 Å². The van der Waals surface area contributed by atoms with Gasteiger partial charge in [0.2, 0.25) is 0 Å². The van der Waals surface area contributed by atoms with E-state index in [-0.39, 0.29) is 0 Å². The van der Waals surface area contributed by atoms with E-state index in [1.807, 2.05) is 6.07 Å². The molecule has 1 atom stereocenters. The highest BCUT2D eigenvalue weighted by Gasteiger charge is 2.26. The first-order valence-corrected chi connectivity index (χ1v) is 7.70. The van der Waals surface area contributed by atoms with Crippen LogP contribution in [0.2, 0.25) is 0 Å². The first kappa shape index (κ1) is 13.7. The number of nitrogens with two attached hydrogens (primary N) is 1. The minimum Gasteiger partial charge on any atom is -0.459 e. The second-order valence-corrected chi connectivity index (χ2v) is 5.84. The fraction of sp³-hybridized carbons (Fsp3) is 0.529. The van der Waals surface area contributed by atoms with Gasteiger partial charge >= 0.3 is 0 Å². The lowest BCUT2D eigenvalue weighted by Gasteiger charge is -2.34. The largest absolute Gasteiger partial charge is 0.459 e. The van der Waals surface area contributed by atoms with Gasteiger partial charge in [0.15, 0.2) is 0 Å². The summed E-state index contributed by atoms with van der Waals surface area (Å²) in [5, 5.41) is 1.27. The van der Waals surface area contributed by atoms with Crippen molar-refractivity contribution in [3.8, 4) is 0 Å². The molecule has 0 radical (unpaired) electrons. The molecule has 1 aliphatic heterocycles. The average Bonchev–Trinajstić information content (AvgIpc) is 2.85. The third kappa shape index (κ3) is 2.36. The standard InChI is InChI=1S/C17H24N2O/c1-3-14-15-6-4-5-7-16(15)20-17(14)12(2)19-10-8-13(18)9-11-19/h4-7,12-13H,3,8-11,18H2,1-2H3. The van der Waals surface area contributed by atoms with Gasteiger partial charge in [0, 0.05) is 30.1 Å². The number of likely N-dealkylation sites (tertiary alicyclic amines) is 1. The lowest BCUT2D eigenvalue weighted by Crippen LogP contribution is -2.40. The van der Waals surface area contributed by atoms with Crippen LogP contribution in [0, 0.1) is 0 Å². The normalized spacial score (nSPS) is 19.6. The van der Waals surface area contributed by atoms with Gasteiger partial charge < -0.3 is 10.2 Å². The monoisotopic (exact) mass is 272 g/mol. The number of furan rings is 1. The SMILES string of the molecule is CCc1c(C(C)N2CCC(N)CC2)oc2ccccc12. The summed E-state index contributed by atoms with van der Waals surface area (Å²) in [4.78, 5) is 2.50. The molecule has 0 aliphatic carbocycles. The molecule has 3 heteroatoms. The molecule has 1 aromatic heterocycles. The highest BCUT2D eigenvalue weighted by molar-refractivity contribution is 5.82. The van der Waals surface area contributed by atoms with Crippen molar-refractivity contribution in [1.82, 2.24) is 4.90 Å². The van der Waals surface area contributed by atoms with Gasteiger partial charge in [0.25, 0.3) is 0 Å². The summed E-state index contributed by atoms with van der Waals surface area (Å²) in [7, 11) is 0. The zero-order chi connectivity index (χ0) is 14.1. The second kappa shape index (κ2) is 5.58. The summed E-state index contributed by atoms with van der Waals surface area (Å²) < 4.78 is 6.16. The molecule has 0 amide bonds. The van der Waals surface area contributed by atoms with E-state index in [1.165, 1.54) is 10.9 Å². The number of nitrogens with zero attached hydrogens (tertiary/aromatic N) is 1. The van der Waals surface area contributed by atoms with E-state index >= 15 is 0 Å². The van der Waals surface area contributed by atoms with E-state index in [4.69, 9.17) is 10.2 Å². The van der Waals surface area contributed by atoms with E-state index in [0.717, 1.165) is 43.7 Å². The van der Waals surface area contributed by atoms with Crippen LogP contribution in [-0.4, -0.2) is 24.0 Å². The fourth-order valence-electron chi connectivity index (χ4n) is 3.29. The van der Waals surface area contributed by atoms with Crippen molar-refractivity contribution in [2.75, 3.05) is 13.1 Å². The lowest BCUT2D eigenvalue weighted by atomic mass is 10.0. The molecule has 1 saturated heterocycles. The number of para-hydroxylation sites is 1. The van der Waals surface area contributed by atoms with Crippen LogP contribution in [0.15, 0.2) is 28.7 Å². The minimum absolute atomic E-state index is 0.338. The molecule has 0 bridgehead atoms. The molecule has 2 aromatic rings. The smallest absolute Gasteiger partial charge is 0.134 e. The number of benzene rings is 1. The van der Waals surface area contributed by atoms with Crippen LogP contribution in [0.4, 0.5) is 0 Å². The van der Waals surface area contributed by atoms with E-state index in [1.54, 1.807) is 0 Å². The van der Waals surface area contributed by atoms with Crippen LogP contribution in [0.3, 0.4) is 0 Å². The Balaban J connectivity index is 1.92. The highest BCUT2D eigenvalue weighted by atomic mass is 16.3. The number of fused-ring (bicyclic) bond motifs is 1. The summed E-state index contributed by atoms with van der Waals surface area (Å²) in [6.07, 6.45) is 3.20. The summed E-state index contributed by atoms with van der Waals surface area (Å²) in [5.41, 5.74) is 8.38. The number of hydrogen-bond acceptors (Lipinski definition) is 3. The molecule has 2 N–H and O–H groups in total. The Morgan fingerprint density at radius 2 is 2.00 bits per heavy atom. The molecule has 0 saturated carbocycles. The van der Waals surface area contributed by atoms with Crippen LogP contribution >= 0.6 is 0 Å². The molecule has 0 spiro atoms. The Morgan fingerprint density at radius 1 is 1.30 bits per heavy atom. The van der Waals surface area contributed by atoms with Crippen molar-refractivity contribution in [3.63, 3.8) is 0 Å². The molecular weight excluding hydrogens is 248 g/mol. The van der Waals surface area contributed by atoms with Crippen molar-refractivity contribution < 1.29 is 4.42 Å². The van der Waals surface area contributed by atoms with Crippen LogP contribution < -0.4 is 5.73 Å². The predicted octanol–water partition coefficient (Wildman–Crippen LogP) is 3.48. The van der Waals surface area contributed by atoms with E-state index < -0.39 is 0 Å². The van der Waals surface area contributed by atoms with E-state index in [2.05, 4.69) is 36.9 Å². The molecule has 2 heterocycles. The maximum atomic E-state index is 6.16. The summed E-state index contributed by atoms with van der Waals surface area (Å²) in [6, 6.07) is 9.08. The summed E-state index contributed by atoms with van der Waals surface area (Å²) in [5.74, 6) is 1.14. The highest BCUT2D eigenvalue weighted by Crippen LogP contribution is 2.34. The molecule has 108 valence electrons. The number of piperidine rings is 1. The van der Waals surface area contributed by atoms with Crippen LogP contribution in [0.1, 0.15) is 44.1 Å². The molecule has 1 unspecified atom stereocenters. The molecule has 3 rings (SSSR count). The van der Waals surface area contributed by atoms with Crippen LogP contribution in [-0.2, 0) is 6.42 Å². The molecule has 1 aliphatic rings. The minimum atomic E-state index is 0.338. The Labute approximate surface area is 120 Å². The molecule has 1 aromatic carbocycles. The number of rotatable bonds is 3. The zero-order valence-corrected chi connectivity index (χ0v) is 12.4. The summed E-state index contributed by atoms with van der Waals surface area (Å²) in [6.45, 7) is 6.61. The van der Waals surface area contributed by atoms with Crippen LogP contribution in [0.25, 0.3) is 11.0 Å². The molecule has 3 nitrogen and oxygen atoms in total. The number of hydrogen-bond donors (Lipinski definition) is 1. The van der Waals surface area contributed by atoms with Gasteiger partial charge in [-0.3, -0.25) is 4.90 Å². The van der Waals surface area contributed by atoms with Gasteiger partial charge in [-0.2, -0.15) is 0 Å². The Morgan fingerprint density at radius 3 is 2.70 bits per heavy atom. The van der Waals surface area contributed by atoms with Gasteiger partial charge in [-0.1, -0.05) is 25.1 Å². The Kier molecular flexibility index (Phi) is 3.81. The zero-order valence-electron chi connectivity index (χ0n) is 12.4. The fourth-order valence-corrected chi connectivity index (χ4v) is 3.29. The Bertz CT molecular complexity index is 582. The quantitative estimate of drug-likeness (QED) is 0.930. The van der Waals surface area contributed by atoms with Crippen molar-refractivity contribution in [2.45, 2.75) is 45.2 Å². The van der Waals surface area contributed by atoms with Crippen LogP contribution in [0.5, 0.6) is 0 Å². The molecule has 20 heavy (non-hydrogen) atoms. The molecule has 1 fully saturated rings. The van der Waals surface area contributed by atoms with Crippen molar-refractivity contribution in [2.24, 2.45) is 5.73 Å². The lowest BCUT2D eigenvalue weighted by molar-refractivity contribution is 0.148. The van der Waals surface area contributed by atoms with Gasteiger partial charge in [0.1, 0.15) is 11.3 Å². The summed E-state index contributed by atoms with van der Waals surface area (Å²) >= 11 is 0. The third-order valence-electron chi connectivity index (χ3n) is 4.58. The van der Waals surface area contributed by atoms with Gasteiger partial charge in [-0.25, -0.2) is 0 Å². The third-order valence-corrected chi connectivity index (χ3v) is 4.58. The molecular formula is C17H24N2O.